The molecule has 25 heteroatoms. The fourth-order valence-electron chi connectivity index (χ4n) is 15.6. The van der Waals surface area contributed by atoms with E-state index in [0.717, 1.165) is 81.1 Å². The molecule has 0 radical (unpaired) electrons. The van der Waals surface area contributed by atoms with Crippen LogP contribution in [0.15, 0.2) is 128 Å². The van der Waals surface area contributed by atoms with Gasteiger partial charge in [0.2, 0.25) is 17.7 Å². The second-order valence-corrected chi connectivity index (χ2v) is 29.7. The highest BCUT2D eigenvalue weighted by Gasteiger charge is 2.58. The normalized spacial score (nSPS) is 18.3. The molecule has 1 saturated carbocycles. The number of methoxy groups -OCH3 is 3. The Labute approximate surface area is 634 Å². The van der Waals surface area contributed by atoms with Crippen LogP contribution >= 0.6 is 0 Å². The van der Waals surface area contributed by atoms with Crippen LogP contribution in [0.2, 0.25) is 0 Å². The number of hydrogen-bond acceptors (Lipinski definition) is 19. The highest BCUT2D eigenvalue weighted by molar-refractivity contribution is 6.07. The highest BCUT2D eigenvalue weighted by atomic mass is 16.6. The number of amides is 6. The Hall–Kier alpha value is -11.1. The maximum absolute atomic E-state index is 14.5. The van der Waals surface area contributed by atoms with E-state index in [1.807, 2.05) is 102 Å². The first kappa shape index (κ1) is 76.2. The lowest BCUT2D eigenvalue weighted by Crippen LogP contribution is -2.50. The number of nitrogens with one attached hydrogen (secondary N) is 4. The number of ether oxygens (including phenoxy) is 6. The zero-order valence-electron chi connectivity index (χ0n) is 62.7. The molecule has 1 saturated heterocycles. The topological polar surface area (TPSA) is 294 Å². The number of aliphatic hydroxyl groups is 1. The summed E-state index contributed by atoms with van der Waals surface area (Å²) in [6, 6.07) is 35.4. The van der Waals surface area contributed by atoms with Crippen molar-refractivity contribution in [2.24, 2.45) is 17.3 Å². The van der Waals surface area contributed by atoms with E-state index in [1.54, 1.807) is 87.3 Å². The molecule has 2 fully saturated rings. The minimum Gasteiger partial charge on any atom is -0.497 e. The Morgan fingerprint density at radius 1 is 0.688 bits per heavy atom. The second kappa shape index (κ2) is 33.2. The van der Waals surface area contributed by atoms with Gasteiger partial charge < -0.3 is 64.3 Å². The summed E-state index contributed by atoms with van der Waals surface area (Å²) in [6.45, 7) is 5.91. The van der Waals surface area contributed by atoms with Gasteiger partial charge >= 0.3 is 6.09 Å². The lowest BCUT2D eigenvalue weighted by atomic mass is 9.89. The molecule has 7 aliphatic rings. The van der Waals surface area contributed by atoms with Crippen LogP contribution in [0.25, 0.3) is 17.0 Å². The Kier molecular flexibility index (Phi) is 23.2. The number of anilines is 2. The van der Waals surface area contributed by atoms with Crippen LogP contribution in [-0.4, -0.2) is 152 Å². The summed E-state index contributed by atoms with van der Waals surface area (Å²) < 4.78 is 35.4. The molecule has 0 aromatic heterocycles. The Morgan fingerprint density at radius 2 is 1.37 bits per heavy atom. The summed E-state index contributed by atoms with van der Waals surface area (Å²) in [5.74, 6) is -1.42. The number of rotatable bonds is 30. The number of ketones is 3. The summed E-state index contributed by atoms with van der Waals surface area (Å²) in [5, 5.41) is 19.4. The zero-order valence-corrected chi connectivity index (χ0v) is 62.7. The Balaban J connectivity index is 0.556. The number of nitrogens with zero attached hydrogens (tertiary/aromatic N) is 5. The van der Waals surface area contributed by atoms with E-state index in [2.05, 4.69) is 21.6 Å². The first-order valence-electron chi connectivity index (χ1n) is 37.6. The van der Waals surface area contributed by atoms with E-state index >= 15 is 0 Å². The van der Waals surface area contributed by atoms with Crippen LogP contribution in [0, 0.1) is 17.3 Å². The summed E-state index contributed by atoms with van der Waals surface area (Å²) >= 11 is 0. The Morgan fingerprint density at radius 3 is 2.07 bits per heavy atom. The minimum atomic E-state index is -1.46. The highest BCUT2D eigenvalue weighted by Crippen LogP contribution is 2.57. The third-order valence-electron chi connectivity index (χ3n) is 22.1. The van der Waals surface area contributed by atoms with Gasteiger partial charge in [-0.2, -0.15) is 0 Å². The van der Waals surface area contributed by atoms with Gasteiger partial charge in [0.1, 0.15) is 18.1 Å². The summed E-state index contributed by atoms with van der Waals surface area (Å²) in [7, 11) is 6.56. The van der Waals surface area contributed by atoms with Gasteiger partial charge in [-0.15, -0.1) is 5.53 Å². The number of hydrogen-bond donors (Lipinski definition) is 5. The van der Waals surface area contributed by atoms with Crippen LogP contribution in [0.4, 0.5) is 16.2 Å². The van der Waals surface area contributed by atoms with E-state index in [4.69, 9.17) is 28.4 Å². The number of unbranched alkanes of at least 4 members (excludes halogenated alkanes) is 2. The van der Waals surface area contributed by atoms with Crippen molar-refractivity contribution in [3.05, 3.63) is 178 Å². The van der Waals surface area contributed by atoms with E-state index in [1.165, 1.54) is 7.11 Å². The first-order valence-corrected chi connectivity index (χ1v) is 37.6. The third-order valence-corrected chi connectivity index (χ3v) is 22.1. The number of fused-ring (bicyclic) bond motifs is 8. The number of carbonyl (C=O) groups is 9. The number of hydrazine groups is 2. The molecule has 6 aromatic carbocycles. The quantitative estimate of drug-likeness (QED) is 0.0262. The van der Waals surface area contributed by atoms with Crippen LogP contribution in [0.1, 0.15) is 164 Å². The largest absolute Gasteiger partial charge is 0.497 e. The fraction of sp³-hybridized carbons (Fsp3) is 0.417. The van der Waals surface area contributed by atoms with Crippen molar-refractivity contribution in [2.45, 2.75) is 155 Å². The van der Waals surface area contributed by atoms with Crippen molar-refractivity contribution in [1.29, 1.82) is 0 Å². The van der Waals surface area contributed by atoms with Crippen LogP contribution < -0.4 is 55.1 Å². The number of benzene rings is 6. The summed E-state index contributed by atoms with van der Waals surface area (Å²) in [4.78, 5) is 130. The predicted molar refractivity (Wildman–Crippen MR) is 407 cm³/mol. The van der Waals surface area contributed by atoms with Crippen molar-refractivity contribution < 1.29 is 76.7 Å². The smallest absolute Gasteiger partial charge is 0.416 e. The van der Waals surface area contributed by atoms with Crippen LogP contribution in [0.5, 0.6) is 28.7 Å². The molecule has 1 aliphatic carbocycles. The molecule has 25 nitrogen and oxygen atoms in total. The molecule has 6 heterocycles. The number of Topliss-reactive ketones (excluding diaryl/α,β-unsaturated/α-hetero) is 3. The average molecular weight is 1490 g/mol. The van der Waals surface area contributed by atoms with Crippen molar-refractivity contribution in [3.63, 3.8) is 0 Å². The molecule has 1 unspecified atom stereocenters. The van der Waals surface area contributed by atoms with Crippen molar-refractivity contribution in [3.8, 4) is 28.7 Å². The molecule has 1 spiro atoms. The minimum absolute atomic E-state index is 0.0375. The van der Waals surface area contributed by atoms with Gasteiger partial charge in [-0.25, -0.2) is 9.69 Å². The summed E-state index contributed by atoms with van der Waals surface area (Å²) in [6.07, 6.45) is 5.46. The van der Waals surface area contributed by atoms with Gasteiger partial charge in [-0.05, 0) is 146 Å². The molecule has 6 aliphatic heterocycles. The van der Waals surface area contributed by atoms with Crippen LogP contribution in [0.3, 0.4) is 0 Å². The molecule has 6 amide bonds. The zero-order chi connectivity index (χ0) is 76.8. The Bertz CT molecular complexity index is 4570. The molecule has 5 N–H and O–H groups in total. The average Bonchev–Trinajstić information content (AvgIpc) is 1.58. The van der Waals surface area contributed by atoms with Gasteiger partial charge in [0.15, 0.2) is 40.8 Å². The van der Waals surface area contributed by atoms with E-state index in [0.29, 0.717) is 79.1 Å². The molecule has 5 atom stereocenters. The van der Waals surface area contributed by atoms with Gasteiger partial charge in [0.05, 0.1) is 88.0 Å². The van der Waals surface area contributed by atoms with E-state index in [-0.39, 0.29) is 134 Å². The SMILES string of the molecule is COc1ccc(C2=CN3C(=O)c4cc(OC)c(OCCCCCOc5cc6c(cc5OC)C(=O)N5CC7(CC7)C[C@H]5C(O)N6C(=O)OCc5ccc(CC(=O)[C@H](C)NC(=O)[C@@H](CC(=O)CNC(=O)CCC(=O)CCC(=O)N6Cc7ccccc7C7=C(c8ccccc86)N(C)NN7)C(C)C)cc5)cc4CC[C@@H]3C2)cc1. The lowest BCUT2D eigenvalue weighted by Gasteiger charge is -2.31. The molecule has 0 bridgehead atoms. The molecular weight excluding hydrogens is 1390 g/mol. The van der Waals surface area contributed by atoms with Gasteiger partial charge in [-0.1, -0.05) is 92.7 Å². The van der Waals surface area contributed by atoms with Crippen molar-refractivity contribution >= 4 is 81.3 Å². The van der Waals surface area contributed by atoms with E-state index < -0.39 is 47.9 Å². The first-order chi connectivity index (χ1) is 52.6. The van der Waals surface area contributed by atoms with Gasteiger partial charge in [-0.3, -0.25) is 43.4 Å². The van der Waals surface area contributed by atoms with Crippen molar-refractivity contribution in [2.75, 3.05) is 64.5 Å². The molecule has 572 valence electrons. The molecule has 109 heavy (non-hydrogen) atoms. The molecule has 13 rings (SSSR count). The third kappa shape index (κ3) is 16.8. The number of carbonyl (C=O) groups excluding carboxylic acids is 9. The number of aliphatic hydroxyl groups excluding tert-OH is 1. The molecule has 6 aromatic rings. The second-order valence-electron chi connectivity index (χ2n) is 29.7. The van der Waals surface area contributed by atoms with Crippen LogP contribution in [-0.2, 0) is 59.5 Å². The fourth-order valence-corrected chi connectivity index (χ4v) is 15.6. The van der Waals surface area contributed by atoms with Crippen molar-refractivity contribution in [1.82, 2.24) is 36.4 Å². The maximum Gasteiger partial charge on any atom is 0.416 e. The lowest BCUT2D eigenvalue weighted by molar-refractivity contribution is -0.133. The standard InChI is InChI=1S/C84H95N9O16/c1-50(2)64(40-60(95)45-85-75(97)31-27-59(94)28-32-76(98)91-46-56-15-9-10-16-62(56)77-78(89(4)88-87-77)63-17-11-12-18-67(63)91)79(99)86-51(3)70(96)37-52-19-21-53(22-20-52)48-109-83(103)93-68-43-74(72(106-7)42-66(68)81(101)92-49-84(33-34-84)44-69(92)82(93)102)108-36-14-8-13-35-107-73-39-55-23-26-58-38-57(54-24-29-61(104-5)30-25-54)47-90(58)80(100)65(55)41-71(73)105-6/h9-12,15-22,24-25,29-30,39,41-43,47,50-51,58,64,69,82,87-88,102H,8,13-14,23,26-28,31-38,40,44-46,48-49H2,1-7H3,(H,85,97)(H,86,99)/t51-,58+,64-,69-,82?/m0/s1. The van der Waals surface area contributed by atoms with Gasteiger partial charge in [0, 0.05) is 93.0 Å². The predicted octanol–water partition coefficient (Wildman–Crippen LogP) is 10.4. The monoisotopic (exact) mass is 1490 g/mol. The number of aryl methyl sites for hydroxylation is 1. The molecular formula is C84H95N9O16. The number of para-hydroxylation sites is 1. The maximum atomic E-state index is 14.5. The van der Waals surface area contributed by atoms with E-state index in [9.17, 15) is 48.3 Å². The summed E-state index contributed by atoms with van der Waals surface area (Å²) in [5.41, 5.74) is 16.6. The van der Waals surface area contributed by atoms with Gasteiger partial charge in [0.25, 0.3) is 11.8 Å².